The van der Waals surface area contributed by atoms with Crippen LogP contribution in [0.1, 0.15) is 0 Å². The zero-order valence-electron chi connectivity index (χ0n) is 5.37. The maximum atomic E-state index is 11.5. The van der Waals surface area contributed by atoms with Crippen molar-refractivity contribution in [3.05, 3.63) is 12.4 Å². The zero-order valence-corrected chi connectivity index (χ0v) is 5.37. The van der Waals surface area contributed by atoms with Crippen LogP contribution in [-0.2, 0) is 0 Å². The number of alkyl halides is 2. The smallest absolute Gasteiger partial charge is 0.388 e. The predicted octanol–water partition coefficient (Wildman–Crippen LogP) is 0.660. The van der Waals surface area contributed by atoms with Gasteiger partial charge in [-0.2, -0.15) is 13.8 Å². The van der Waals surface area contributed by atoms with Crippen LogP contribution < -0.4 is 10.5 Å². The highest BCUT2D eigenvalue weighted by atomic mass is 19.3. The maximum absolute atomic E-state index is 11.5. The molecule has 1 aromatic rings. The molecule has 2 N–H and O–H groups in total. The molecule has 0 aliphatic carbocycles. The van der Waals surface area contributed by atoms with Gasteiger partial charge in [0.25, 0.3) is 0 Å². The molecule has 0 saturated carbocycles. The molecule has 4 nitrogen and oxygen atoms in total. The minimum absolute atomic E-state index is 0.0446. The predicted molar refractivity (Wildman–Crippen MR) is 33.1 cm³/mol. The Hall–Kier alpha value is -1.46. The van der Waals surface area contributed by atoms with Crippen LogP contribution >= 0.6 is 0 Å². The lowest BCUT2D eigenvalue weighted by Crippen LogP contribution is -2.04. The number of hydrogen-bond acceptors (Lipinski definition) is 4. The van der Waals surface area contributed by atoms with Crippen LogP contribution in [0.25, 0.3) is 0 Å². The molecule has 0 unspecified atom stereocenters. The fourth-order valence-electron chi connectivity index (χ4n) is 0.510. The van der Waals surface area contributed by atoms with E-state index in [1.807, 2.05) is 0 Å². The van der Waals surface area contributed by atoms with Crippen LogP contribution in [0.4, 0.5) is 14.6 Å². The third-order valence-electron chi connectivity index (χ3n) is 0.841. The number of nitrogens with two attached hydrogens (primary N) is 1. The van der Waals surface area contributed by atoms with E-state index in [0.29, 0.717) is 0 Å². The van der Waals surface area contributed by atoms with Crippen molar-refractivity contribution >= 4 is 5.82 Å². The summed E-state index contributed by atoms with van der Waals surface area (Å²) in [5, 5.41) is 0. The second kappa shape index (κ2) is 3.09. The average Bonchev–Trinajstić information content (AvgIpc) is 1.85. The number of ether oxygens (including phenoxy) is 1. The number of nitrogens with zero attached hydrogens (tertiary/aromatic N) is 2. The summed E-state index contributed by atoms with van der Waals surface area (Å²) in [4.78, 5) is 6.92. The normalized spacial score (nSPS) is 10.1. The number of anilines is 1. The van der Waals surface area contributed by atoms with Crippen molar-refractivity contribution in [3.8, 4) is 5.88 Å². The Morgan fingerprint density at radius 3 is 2.73 bits per heavy atom. The molecule has 0 fully saturated rings. The fraction of sp³-hybridized carbons (Fsp3) is 0.200. The van der Waals surface area contributed by atoms with Gasteiger partial charge in [0.2, 0.25) is 5.88 Å². The molecule has 1 aromatic heterocycles. The number of nitrogen functional groups attached to an aromatic ring is 1. The molecule has 0 atom stereocenters. The largest absolute Gasteiger partial charge is 0.415 e. The average molecular weight is 161 g/mol. The molecule has 6 heteroatoms. The molecule has 11 heavy (non-hydrogen) atoms. The Kier molecular flexibility index (Phi) is 2.15. The van der Waals surface area contributed by atoms with Gasteiger partial charge in [0.15, 0.2) is 0 Å². The van der Waals surface area contributed by atoms with Crippen LogP contribution in [-0.4, -0.2) is 16.6 Å². The first-order valence-corrected chi connectivity index (χ1v) is 2.71. The molecule has 0 aromatic carbocycles. The molecule has 0 bridgehead atoms. The van der Waals surface area contributed by atoms with Gasteiger partial charge >= 0.3 is 6.61 Å². The summed E-state index contributed by atoms with van der Waals surface area (Å²) < 4.78 is 27.0. The van der Waals surface area contributed by atoms with Gasteiger partial charge in [-0.05, 0) is 0 Å². The summed E-state index contributed by atoms with van der Waals surface area (Å²) in [6.45, 7) is -2.90. The molecular weight excluding hydrogens is 156 g/mol. The van der Waals surface area contributed by atoms with Gasteiger partial charge in [0.05, 0.1) is 12.4 Å². The highest BCUT2D eigenvalue weighted by Gasteiger charge is 2.04. The number of halogens is 2. The van der Waals surface area contributed by atoms with E-state index in [1.165, 1.54) is 6.20 Å². The molecule has 0 saturated heterocycles. The van der Waals surface area contributed by atoms with Gasteiger partial charge in [-0.3, -0.25) is 4.98 Å². The molecular formula is C5H5F2N3O. The Labute approximate surface area is 61.0 Å². The van der Waals surface area contributed by atoms with E-state index in [1.54, 1.807) is 0 Å². The lowest BCUT2D eigenvalue weighted by molar-refractivity contribution is -0.0529. The van der Waals surface area contributed by atoms with Crippen molar-refractivity contribution in [1.82, 2.24) is 9.97 Å². The van der Waals surface area contributed by atoms with Crippen LogP contribution in [0.5, 0.6) is 5.88 Å². The van der Waals surface area contributed by atoms with Gasteiger partial charge in [0, 0.05) is 0 Å². The van der Waals surface area contributed by atoms with E-state index in [-0.39, 0.29) is 11.7 Å². The van der Waals surface area contributed by atoms with E-state index in [4.69, 9.17) is 5.73 Å². The summed E-state index contributed by atoms with van der Waals surface area (Å²) in [7, 11) is 0. The lowest BCUT2D eigenvalue weighted by atomic mass is 10.7. The van der Waals surface area contributed by atoms with Gasteiger partial charge < -0.3 is 10.5 Å². The number of hydrogen-bond donors (Lipinski definition) is 1. The summed E-state index contributed by atoms with van der Waals surface area (Å²) >= 11 is 0. The first-order valence-electron chi connectivity index (χ1n) is 2.71. The van der Waals surface area contributed by atoms with Crippen molar-refractivity contribution in [1.29, 1.82) is 0 Å². The van der Waals surface area contributed by atoms with E-state index in [0.717, 1.165) is 6.20 Å². The first-order chi connectivity index (χ1) is 5.18. The summed E-state index contributed by atoms with van der Waals surface area (Å²) in [6.07, 6.45) is 2.29. The minimum Gasteiger partial charge on any atom is -0.415 e. The highest BCUT2D eigenvalue weighted by molar-refractivity contribution is 5.25. The van der Waals surface area contributed by atoms with Gasteiger partial charge in [-0.1, -0.05) is 0 Å². The van der Waals surface area contributed by atoms with Gasteiger partial charge in [-0.15, -0.1) is 0 Å². The SMILES string of the molecule is Nc1cncc(OC(F)F)n1. The number of aromatic nitrogens is 2. The quantitative estimate of drug-likeness (QED) is 0.692. The Morgan fingerprint density at radius 1 is 1.45 bits per heavy atom. The van der Waals surface area contributed by atoms with E-state index >= 15 is 0 Å². The summed E-state index contributed by atoms with van der Waals surface area (Å²) in [6, 6.07) is 0. The third kappa shape index (κ3) is 2.32. The molecule has 1 heterocycles. The van der Waals surface area contributed by atoms with Crippen LogP contribution in [0, 0.1) is 0 Å². The maximum Gasteiger partial charge on any atom is 0.388 e. The fourth-order valence-corrected chi connectivity index (χ4v) is 0.510. The van der Waals surface area contributed by atoms with Crippen LogP contribution in [0.2, 0.25) is 0 Å². The summed E-state index contributed by atoms with van der Waals surface area (Å²) in [5.74, 6) is -0.233. The van der Waals surface area contributed by atoms with Crippen LogP contribution in [0.15, 0.2) is 12.4 Å². The molecule has 0 spiro atoms. The van der Waals surface area contributed by atoms with Crippen molar-refractivity contribution in [2.45, 2.75) is 6.61 Å². The molecule has 0 radical (unpaired) electrons. The number of rotatable bonds is 2. The molecule has 60 valence electrons. The molecule has 0 amide bonds. The summed E-state index contributed by atoms with van der Waals surface area (Å²) in [5.41, 5.74) is 5.14. The van der Waals surface area contributed by atoms with Crippen molar-refractivity contribution in [2.75, 3.05) is 5.73 Å². The van der Waals surface area contributed by atoms with Crippen molar-refractivity contribution in [3.63, 3.8) is 0 Å². The molecule has 1 rings (SSSR count). The van der Waals surface area contributed by atoms with Gasteiger partial charge in [0.1, 0.15) is 5.82 Å². The van der Waals surface area contributed by atoms with E-state index in [9.17, 15) is 8.78 Å². The second-order valence-corrected chi connectivity index (χ2v) is 1.66. The minimum atomic E-state index is -2.90. The monoisotopic (exact) mass is 161 g/mol. The lowest BCUT2D eigenvalue weighted by Gasteiger charge is -2.01. The molecule has 0 aliphatic heterocycles. The van der Waals surface area contributed by atoms with Crippen molar-refractivity contribution < 1.29 is 13.5 Å². The Morgan fingerprint density at radius 2 is 2.18 bits per heavy atom. The standard InChI is InChI=1S/C5H5F2N3O/c6-5(7)11-4-2-9-1-3(8)10-4/h1-2,5H,(H2,8,10). The van der Waals surface area contributed by atoms with Gasteiger partial charge in [-0.25, -0.2) is 0 Å². The first kappa shape index (κ1) is 7.64. The zero-order chi connectivity index (χ0) is 8.27. The molecule has 0 aliphatic rings. The van der Waals surface area contributed by atoms with E-state index in [2.05, 4.69) is 14.7 Å². The van der Waals surface area contributed by atoms with Crippen LogP contribution in [0.3, 0.4) is 0 Å². The Balaban J connectivity index is 2.71. The van der Waals surface area contributed by atoms with E-state index < -0.39 is 6.61 Å². The highest BCUT2D eigenvalue weighted by Crippen LogP contribution is 2.08. The van der Waals surface area contributed by atoms with Crippen molar-refractivity contribution in [2.24, 2.45) is 0 Å². The third-order valence-corrected chi connectivity index (χ3v) is 0.841. The Bertz CT molecular complexity index is 243. The second-order valence-electron chi connectivity index (χ2n) is 1.66. The topological polar surface area (TPSA) is 61.0 Å².